The van der Waals surface area contributed by atoms with Gasteiger partial charge in [-0.05, 0) is 56.2 Å². The molecule has 0 aromatic heterocycles. The number of piperidine rings is 1. The molecule has 2 aromatic rings. The fourth-order valence-corrected chi connectivity index (χ4v) is 3.27. The number of nitrogens with one attached hydrogen (secondary N) is 1. The summed E-state index contributed by atoms with van der Waals surface area (Å²) in [5, 5.41) is 2.97. The van der Waals surface area contributed by atoms with Crippen LogP contribution in [-0.4, -0.2) is 29.8 Å². The van der Waals surface area contributed by atoms with Gasteiger partial charge in [0.15, 0.2) is 0 Å². The van der Waals surface area contributed by atoms with Crippen LogP contribution in [0.25, 0.3) is 0 Å². The van der Waals surface area contributed by atoms with E-state index in [9.17, 15) is 9.59 Å². The van der Waals surface area contributed by atoms with Crippen molar-refractivity contribution in [1.82, 2.24) is 4.90 Å². The van der Waals surface area contributed by atoms with Gasteiger partial charge in [-0.1, -0.05) is 33.6 Å². The van der Waals surface area contributed by atoms with Crippen LogP contribution in [-0.2, 0) is 4.79 Å². The van der Waals surface area contributed by atoms with Crippen molar-refractivity contribution in [3.05, 3.63) is 64.1 Å². The van der Waals surface area contributed by atoms with Crippen LogP contribution in [0, 0.1) is 12.8 Å². The Balaban J connectivity index is 1.54. The quantitative estimate of drug-likeness (QED) is 0.836. The number of halogens is 1. The molecule has 25 heavy (non-hydrogen) atoms. The number of carbonyl (C=O) groups excluding carboxylic acids is 2. The molecule has 0 saturated carbocycles. The second-order valence-electron chi connectivity index (χ2n) is 6.43. The highest BCUT2D eigenvalue weighted by Crippen LogP contribution is 2.22. The lowest BCUT2D eigenvalue weighted by molar-refractivity contribution is -0.121. The number of likely N-dealkylation sites (tertiary alicyclic amines) is 1. The van der Waals surface area contributed by atoms with Crippen LogP contribution in [0.3, 0.4) is 0 Å². The Kier molecular flexibility index (Phi) is 5.53. The first-order valence-electron chi connectivity index (χ1n) is 8.45. The van der Waals surface area contributed by atoms with Crippen molar-refractivity contribution < 1.29 is 9.59 Å². The maximum Gasteiger partial charge on any atom is 0.253 e. The molecule has 0 atom stereocenters. The van der Waals surface area contributed by atoms with E-state index >= 15 is 0 Å². The van der Waals surface area contributed by atoms with Crippen LogP contribution >= 0.6 is 15.9 Å². The number of nitrogens with zero attached hydrogens (tertiary/aromatic N) is 1. The minimum atomic E-state index is -0.0460. The second-order valence-corrected chi connectivity index (χ2v) is 7.34. The molecule has 1 fully saturated rings. The van der Waals surface area contributed by atoms with E-state index in [0.717, 1.165) is 15.7 Å². The summed E-state index contributed by atoms with van der Waals surface area (Å²) >= 11 is 3.38. The SMILES string of the molecule is Cc1ccc(NC(=O)C2CCN(C(=O)c3ccc(Br)cc3)CC2)cc1. The Morgan fingerprint density at radius 1 is 1.00 bits per heavy atom. The highest BCUT2D eigenvalue weighted by atomic mass is 79.9. The molecule has 130 valence electrons. The molecule has 1 heterocycles. The summed E-state index contributed by atoms with van der Waals surface area (Å²) in [5.74, 6) is 0.0276. The van der Waals surface area contributed by atoms with Gasteiger partial charge < -0.3 is 10.2 Å². The van der Waals surface area contributed by atoms with Crippen molar-refractivity contribution in [2.24, 2.45) is 5.92 Å². The smallest absolute Gasteiger partial charge is 0.253 e. The first-order valence-corrected chi connectivity index (χ1v) is 9.24. The van der Waals surface area contributed by atoms with Crippen LogP contribution in [0.5, 0.6) is 0 Å². The predicted octanol–water partition coefficient (Wildman–Crippen LogP) is 4.25. The molecular weight excluding hydrogens is 380 g/mol. The Bertz CT molecular complexity index is 748. The average Bonchev–Trinajstić information content (AvgIpc) is 2.64. The van der Waals surface area contributed by atoms with Crippen molar-refractivity contribution in [1.29, 1.82) is 0 Å². The molecule has 0 aliphatic carbocycles. The van der Waals surface area contributed by atoms with Gasteiger partial charge in [-0.15, -0.1) is 0 Å². The van der Waals surface area contributed by atoms with E-state index in [-0.39, 0.29) is 17.7 Å². The zero-order valence-electron chi connectivity index (χ0n) is 14.2. The fraction of sp³-hybridized carbons (Fsp3) is 0.300. The van der Waals surface area contributed by atoms with E-state index in [1.807, 2.05) is 60.4 Å². The predicted molar refractivity (Wildman–Crippen MR) is 103 cm³/mol. The Morgan fingerprint density at radius 3 is 2.20 bits per heavy atom. The number of anilines is 1. The third-order valence-corrected chi connectivity index (χ3v) is 5.09. The molecule has 5 heteroatoms. The number of amides is 2. The molecular formula is C20H21BrN2O2. The lowest BCUT2D eigenvalue weighted by atomic mass is 9.95. The van der Waals surface area contributed by atoms with Crippen molar-refractivity contribution in [2.75, 3.05) is 18.4 Å². The minimum absolute atomic E-state index is 0.0323. The van der Waals surface area contributed by atoms with Crippen LogP contribution in [0.1, 0.15) is 28.8 Å². The first kappa shape index (κ1) is 17.7. The number of hydrogen-bond acceptors (Lipinski definition) is 2. The fourth-order valence-electron chi connectivity index (χ4n) is 3.00. The van der Waals surface area contributed by atoms with Gasteiger partial charge in [0.25, 0.3) is 5.91 Å². The normalized spacial score (nSPS) is 15.0. The molecule has 3 rings (SSSR count). The van der Waals surface area contributed by atoms with Gasteiger partial charge >= 0.3 is 0 Å². The Hall–Kier alpha value is -2.14. The van der Waals surface area contributed by atoms with Crippen LogP contribution in [0.2, 0.25) is 0 Å². The van der Waals surface area contributed by atoms with E-state index in [1.165, 1.54) is 0 Å². The zero-order chi connectivity index (χ0) is 17.8. The van der Waals surface area contributed by atoms with Gasteiger partial charge in [0.05, 0.1) is 0 Å². The summed E-state index contributed by atoms with van der Waals surface area (Å²) in [6.07, 6.45) is 1.39. The maximum atomic E-state index is 12.5. The van der Waals surface area contributed by atoms with Crippen molar-refractivity contribution in [3.63, 3.8) is 0 Å². The molecule has 4 nitrogen and oxygen atoms in total. The molecule has 0 bridgehead atoms. The number of hydrogen-bond donors (Lipinski definition) is 1. The summed E-state index contributed by atoms with van der Waals surface area (Å²) < 4.78 is 0.954. The molecule has 0 radical (unpaired) electrons. The molecule has 0 spiro atoms. The molecule has 1 aliphatic rings. The van der Waals surface area contributed by atoms with E-state index in [4.69, 9.17) is 0 Å². The van der Waals surface area contributed by atoms with Gasteiger partial charge in [-0.3, -0.25) is 9.59 Å². The Labute approximate surface area is 156 Å². The second kappa shape index (κ2) is 7.83. The van der Waals surface area contributed by atoms with Crippen molar-refractivity contribution in [3.8, 4) is 0 Å². The van der Waals surface area contributed by atoms with E-state index in [2.05, 4.69) is 21.2 Å². The van der Waals surface area contributed by atoms with E-state index in [1.54, 1.807) is 0 Å². The van der Waals surface area contributed by atoms with Gasteiger partial charge in [-0.25, -0.2) is 0 Å². The monoisotopic (exact) mass is 400 g/mol. The summed E-state index contributed by atoms with van der Waals surface area (Å²) in [6.45, 7) is 3.24. The highest BCUT2D eigenvalue weighted by molar-refractivity contribution is 9.10. The summed E-state index contributed by atoms with van der Waals surface area (Å²) in [6, 6.07) is 15.2. The van der Waals surface area contributed by atoms with Gasteiger partial charge in [0.1, 0.15) is 0 Å². The zero-order valence-corrected chi connectivity index (χ0v) is 15.8. The van der Waals surface area contributed by atoms with Gasteiger partial charge in [0, 0.05) is 34.7 Å². The largest absolute Gasteiger partial charge is 0.339 e. The maximum absolute atomic E-state index is 12.5. The lowest BCUT2D eigenvalue weighted by Gasteiger charge is -2.31. The van der Waals surface area contributed by atoms with Crippen molar-refractivity contribution >= 4 is 33.4 Å². The molecule has 1 saturated heterocycles. The highest BCUT2D eigenvalue weighted by Gasteiger charge is 2.27. The van der Waals surface area contributed by atoms with Crippen molar-refractivity contribution in [2.45, 2.75) is 19.8 Å². The lowest BCUT2D eigenvalue weighted by Crippen LogP contribution is -2.41. The molecule has 2 aromatic carbocycles. The number of rotatable bonds is 3. The molecule has 2 amide bonds. The number of carbonyl (C=O) groups is 2. The standard InChI is InChI=1S/C20H21BrN2O2/c1-14-2-8-18(9-3-14)22-19(24)15-10-12-23(13-11-15)20(25)16-4-6-17(21)7-5-16/h2-9,15H,10-13H2,1H3,(H,22,24). The number of aryl methyl sites for hydroxylation is 1. The van der Waals surface area contributed by atoms with Gasteiger partial charge in [0.2, 0.25) is 5.91 Å². The topological polar surface area (TPSA) is 49.4 Å². The molecule has 1 aliphatic heterocycles. The first-order chi connectivity index (χ1) is 12.0. The minimum Gasteiger partial charge on any atom is -0.339 e. The van der Waals surface area contributed by atoms with Gasteiger partial charge in [-0.2, -0.15) is 0 Å². The summed E-state index contributed by atoms with van der Waals surface area (Å²) in [5.41, 5.74) is 2.67. The molecule has 1 N–H and O–H groups in total. The van der Waals surface area contributed by atoms with Crippen LogP contribution in [0.4, 0.5) is 5.69 Å². The van der Waals surface area contributed by atoms with Crippen LogP contribution < -0.4 is 5.32 Å². The summed E-state index contributed by atoms with van der Waals surface area (Å²) in [4.78, 5) is 26.8. The number of benzene rings is 2. The van der Waals surface area contributed by atoms with E-state index in [0.29, 0.717) is 31.5 Å². The third kappa shape index (κ3) is 4.48. The average molecular weight is 401 g/mol. The molecule has 0 unspecified atom stereocenters. The third-order valence-electron chi connectivity index (χ3n) is 4.56. The Morgan fingerprint density at radius 2 is 1.60 bits per heavy atom. The van der Waals surface area contributed by atoms with E-state index < -0.39 is 0 Å². The summed E-state index contributed by atoms with van der Waals surface area (Å²) in [7, 11) is 0. The van der Waals surface area contributed by atoms with Crippen LogP contribution in [0.15, 0.2) is 53.0 Å².